The first kappa shape index (κ1) is 10.1. The van der Waals surface area contributed by atoms with Gasteiger partial charge in [-0.15, -0.1) is 0 Å². The van der Waals surface area contributed by atoms with Gasteiger partial charge in [0, 0.05) is 12.2 Å². The molecule has 2 heteroatoms. The number of benzene rings is 1. The molecule has 2 nitrogen and oxygen atoms in total. The van der Waals surface area contributed by atoms with Crippen molar-refractivity contribution in [2.24, 2.45) is 0 Å². The van der Waals surface area contributed by atoms with Crippen LogP contribution in [0.1, 0.15) is 18.1 Å². The second-order valence-electron chi connectivity index (χ2n) is 3.55. The van der Waals surface area contributed by atoms with Crippen LogP contribution in [0.25, 0.3) is 0 Å². The Morgan fingerprint density at radius 2 is 2.08 bits per heavy atom. The van der Waals surface area contributed by atoms with E-state index in [2.05, 4.69) is 37.4 Å². The molecule has 0 aliphatic rings. The second kappa shape index (κ2) is 4.28. The van der Waals surface area contributed by atoms with Gasteiger partial charge in [0.2, 0.25) is 0 Å². The van der Waals surface area contributed by atoms with Crippen molar-refractivity contribution < 1.29 is 5.11 Å². The molecule has 0 spiro atoms. The number of aliphatic hydroxyl groups is 1. The third-order valence-electron chi connectivity index (χ3n) is 1.98. The quantitative estimate of drug-likeness (QED) is 0.744. The number of hydrogen-bond acceptors (Lipinski definition) is 2. The Balaban J connectivity index is 2.70. The van der Waals surface area contributed by atoms with E-state index in [1.54, 1.807) is 6.92 Å². The Morgan fingerprint density at radius 1 is 1.38 bits per heavy atom. The molecular formula is C11H17NO. The summed E-state index contributed by atoms with van der Waals surface area (Å²) in [6, 6.07) is 6.26. The fourth-order valence-corrected chi connectivity index (χ4v) is 1.18. The number of hydrogen-bond donors (Lipinski definition) is 2. The molecule has 1 aromatic carbocycles. The van der Waals surface area contributed by atoms with Crippen molar-refractivity contribution in [2.45, 2.75) is 26.9 Å². The summed E-state index contributed by atoms with van der Waals surface area (Å²) < 4.78 is 0. The Labute approximate surface area is 79.6 Å². The molecule has 0 aromatic heterocycles. The van der Waals surface area contributed by atoms with E-state index in [0.29, 0.717) is 6.54 Å². The predicted octanol–water partition coefficient (Wildman–Crippen LogP) is 2.10. The van der Waals surface area contributed by atoms with E-state index in [0.717, 1.165) is 5.69 Å². The zero-order valence-electron chi connectivity index (χ0n) is 8.46. The highest BCUT2D eigenvalue weighted by Gasteiger charge is 1.99. The lowest BCUT2D eigenvalue weighted by molar-refractivity contribution is 0.208. The fourth-order valence-electron chi connectivity index (χ4n) is 1.18. The van der Waals surface area contributed by atoms with Crippen LogP contribution in [0, 0.1) is 13.8 Å². The first-order chi connectivity index (χ1) is 6.09. The molecule has 0 amide bonds. The predicted molar refractivity (Wildman–Crippen MR) is 56.1 cm³/mol. The number of anilines is 1. The third-order valence-corrected chi connectivity index (χ3v) is 1.98. The smallest absolute Gasteiger partial charge is 0.0684 e. The maximum absolute atomic E-state index is 9.11. The van der Waals surface area contributed by atoms with Crippen molar-refractivity contribution in [1.82, 2.24) is 0 Å². The number of aliphatic hydroxyl groups excluding tert-OH is 1. The van der Waals surface area contributed by atoms with Gasteiger partial charge >= 0.3 is 0 Å². The highest BCUT2D eigenvalue weighted by Crippen LogP contribution is 2.15. The van der Waals surface area contributed by atoms with Gasteiger partial charge in [0.25, 0.3) is 0 Å². The summed E-state index contributed by atoms with van der Waals surface area (Å²) in [6.45, 7) is 6.50. The van der Waals surface area contributed by atoms with E-state index in [1.807, 2.05) is 0 Å². The molecule has 72 valence electrons. The second-order valence-corrected chi connectivity index (χ2v) is 3.55. The lowest BCUT2D eigenvalue weighted by Gasteiger charge is -2.11. The monoisotopic (exact) mass is 179 g/mol. The summed E-state index contributed by atoms with van der Waals surface area (Å²) in [5.41, 5.74) is 3.56. The summed E-state index contributed by atoms with van der Waals surface area (Å²) in [5, 5.41) is 12.3. The van der Waals surface area contributed by atoms with E-state index < -0.39 is 0 Å². The summed E-state index contributed by atoms with van der Waals surface area (Å²) in [5.74, 6) is 0. The summed E-state index contributed by atoms with van der Waals surface area (Å²) >= 11 is 0. The Kier molecular flexibility index (Phi) is 3.32. The van der Waals surface area contributed by atoms with E-state index >= 15 is 0 Å². The van der Waals surface area contributed by atoms with Gasteiger partial charge in [0.15, 0.2) is 0 Å². The van der Waals surface area contributed by atoms with E-state index in [4.69, 9.17) is 5.11 Å². The van der Waals surface area contributed by atoms with Crippen LogP contribution >= 0.6 is 0 Å². The maximum Gasteiger partial charge on any atom is 0.0684 e. The minimum Gasteiger partial charge on any atom is -0.392 e. The van der Waals surface area contributed by atoms with E-state index in [1.165, 1.54) is 11.1 Å². The first-order valence-corrected chi connectivity index (χ1v) is 4.59. The average molecular weight is 179 g/mol. The number of rotatable bonds is 3. The molecule has 0 aliphatic carbocycles. The molecule has 0 fully saturated rings. The highest BCUT2D eigenvalue weighted by molar-refractivity contribution is 5.52. The molecule has 0 bridgehead atoms. The van der Waals surface area contributed by atoms with Gasteiger partial charge in [0.1, 0.15) is 0 Å². The van der Waals surface area contributed by atoms with Gasteiger partial charge in [-0.2, -0.15) is 0 Å². The molecule has 1 rings (SSSR count). The van der Waals surface area contributed by atoms with Crippen LogP contribution in [0.5, 0.6) is 0 Å². The minimum atomic E-state index is -0.306. The van der Waals surface area contributed by atoms with Gasteiger partial charge < -0.3 is 10.4 Å². The maximum atomic E-state index is 9.11. The molecule has 0 heterocycles. The summed E-state index contributed by atoms with van der Waals surface area (Å²) in [7, 11) is 0. The van der Waals surface area contributed by atoms with Crippen molar-refractivity contribution in [1.29, 1.82) is 0 Å². The third kappa shape index (κ3) is 3.07. The largest absolute Gasteiger partial charge is 0.392 e. The van der Waals surface area contributed by atoms with Gasteiger partial charge in [0.05, 0.1) is 6.10 Å². The Hall–Kier alpha value is -1.02. The van der Waals surface area contributed by atoms with E-state index in [9.17, 15) is 0 Å². The van der Waals surface area contributed by atoms with Crippen LogP contribution in [0.15, 0.2) is 18.2 Å². The van der Waals surface area contributed by atoms with Crippen LogP contribution < -0.4 is 5.32 Å². The van der Waals surface area contributed by atoms with Crippen molar-refractivity contribution in [3.8, 4) is 0 Å². The summed E-state index contributed by atoms with van der Waals surface area (Å²) in [4.78, 5) is 0. The Bertz CT molecular complexity index is 281. The molecule has 0 aliphatic heterocycles. The van der Waals surface area contributed by atoms with Crippen molar-refractivity contribution in [3.05, 3.63) is 29.3 Å². The SMILES string of the molecule is Cc1ccc(C)c(NCC(C)O)c1. The average Bonchev–Trinajstić information content (AvgIpc) is 2.06. The summed E-state index contributed by atoms with van der Waals surface area (Å²) in [6.07, 6.45) is -0.306. The number of aryl methyl sites for hydroxylation is 2. The van der Waals surface area contributed by atoms with Crippen molar-refractivity contribution >= 4 is 5.69 Å². The lowest BCUT2D eigenvalue weighted by Crippen LogP contribution is -2.15. The number of nitrogens with one attached hydrogen (secondary N) is 1. The van der Waals surface area contributed by atoms with Crippen LogP contribution in [0.2, 0.25) is 0 Å². The van der Waals surface area contributed by atoms with Crippen molar-refractivity contribution in [2.75, 3.05) is 11.9 Å². The Morgan fingerprint density at radius 3 is 2.69 bits per heavy atom. The van der Waals surface area contributed by atoms with Gasteiger partial charge in [-0.3, -0.25) is 0 Å². The lowest BCUT2D eigenvalue weighted by atomic mass is 10.1. The molecule has 1 atom stereocenters. The molecule has 0 saturated carbocycles. The van der Waals surface area contributed by atoms with Crippen LogP contribution in [0.3, 0.4) is 0 Å². The van der Waals surface area contributed by atoms with Gasteiger partial charge in [-0.25, -0.2) is 0 Å². The fraction of sp³-hybridized carbons (Fsp3) is 0.455. The van der Waals surface area contributed by atoms with Crippen molar-refractivity contribution in [3.63, 3.8) is 0 Å². The molecule has 1 unspecified atom stereocenters. The van der Waals surface area contributed by atoms with Crippen LogP contribution in [-0.2, 0) is 0 Å². The molecule has 0 saturated heterocycles. The van der Waals surface area contributed by atoms with Crippen LogP contribution in [0.4, 0.5) is 5.69 Å². The highest BCUT2D eigenvalue weighted by atomic mass is 16.3. The zero-order chi connectivity index (χ0) is 9.84. The molecular weight excluding hydrogens is 162 g/mol. The molecule has 2 N–H and O–H groups in total. The minimum absolute atomic E-state index is 0.306. The van der Waals surface area contributed by atoms with E-state index in [-0.39, 0.29) is 6.10 Å². The molecule has 13 heavy (non-hydrogen) atoms. The zero-order valence-corrected chi connectivity index (χ0v) is 8.46. The van der Waals surface area contributed by atoms with Crippen LogP contribution in [-0.4, -0.2) is 17.8 Å². The normalized spacial score (nSPS) is 12.6. The molecule has 1 aromatic rings. The van der Waals surface area contributed by atoms with Gasteiger partial charge in [-0.1, -0.05) is 12.1 Å². The topological polar surface area (TPSA) is 32.3 Å². The standard InChI is InChI=1S/C11H17NO/c1-8-4-5-9(2)11(6-8)12-7-10(3)13/h4-6,10,12-13H,7H2,1-3H3. The first-order valence-electron chi connectivity index (χ1n) is 4.59. The van der Waals surface area contributed by atoms with Gasteiger partial charge in [-0.05, 0) is 38.0 Å². The molecule has 0 radical (unpaired) electrons.